The lowest BCUT2D eigenvalue weighted by molar-refractivity contribution is 0.224. The molecule has 1 atom stereocenters. The van der Waals surface area contributed by atoms with E-state index < -0.39 is 12.1 Å². The van der Waals surface area contributed by atoms with Crippen molar-refractivity contribution in [2.24, 2.45) is 0 Å². The number of halogens is 1. The van der Waals surface area contributed by atoms with Crippen LogP contribution in [0.15, 0.2) is 73.1 Å². The average Bonchev–Trinajstić information content (AvgIpc) is 2.70. The van der Waals surface area contributed by atoms with E-state index in [0.717, 1.165) is 16.7 Å². The molecule has 1 heterocycles. The minimum absolute atomic E-state index is 0.216. The third kappa shape index (κ3) is 5.36. The largest absolute Gasteiger partial charge is 0.394 e. The van der Waals surface area contributed by atoms with Crippen molar-refractivity contribution >= 4 is 11.7 Å². The maximum absolute atomic E-state index is 13.0. The minimum atomic E-state index is -0.466. The number of aromatic nitrogens is 1. The Morgan fingerprint density at radius 2 is 1.59 bits per heavy atom. The van der Waals surface area contributed by atoms with Gasteiger partial charge in [0.2, 0.25) is 0 Å². The number of urea groups is 1. The van der Waals surface area contributed by atoms with Crippen LogP contribution in [-0.2, 0) is 6.42 Å². The van der Waals surface area contributed by atoms with Gasteiger partial charge in [-0.15, -0.1) is 0 Å². The second kappa shape index (κ2) is 8.91. The number of anilines is 1. The number of aliphatic hydroxyl groups is 1. The smallest absolute Gasteiger partial charge is 0.319 e. The summed E-state index contributed by atoms with van der Waals surface area (Å²) in [5.74, 6) is -0.319. The molecule has 3 rings (SSSR count). The van der Waals surface area contributed by atoms with Gasteiger partial charge in [-0.1, -0.05) is 24.3 Å². The predicted octanol–water partition coefficient (Wildman–Crippen LogP) is 3.61. The second-order valence-electron chi connectivity index (χ2n) is 6.12. The SMILES string of the molecule is O=C(Nc1ccc(-c2ccncc2)cc1)NC(CO)Cc1ccc(F)cc1. The Bertz CT molecular complexity index is 868. The molecular weight excluding hydrogens is 345 g/mol. The van der Waals surface area contributed by atoms with Crippen molar-refractivity contribution in [2.45, 2.75) is 12.5 Å². The summed E-state index contributed by atoms with van der Waals surface area (Å²) in [5, 5.41) is 15.0. The number of pyridine rings is 1. The predicted molar refractivity (Wildman–Crippen MR) is 103 cm³/mol. The zero-order valence-electron chi connectivity index (χ0n) is 14.6. The van der Waals surface area contributed by atoms with Crippen molar-refractivity contribution in [3.63, 3.8) is 0 Å². The van der Waals surface area contributed by atoms with Crippen LogP contribution in [0.5, 0.6) is 0 Å². The molecule has 27 heavy (non-hydrogen) atoms. The second-order valence-corrected chi connectivity index (χ2v) is 6.12. The van der Waals surface area contributed by atoms with E-state index in [0.29, 0.717) is 12.1 Å². The van der Waals surface area contributed by atoms with E-state index in [1.807, 2.05) is 36.4 Å². The van der Waals surface area contributed by atoms with E-state index in [9.17, 15) is 14.3 Å². The fourth-order valence-corrected chi connectivity index (χ4v) is 2.71. The van der Waals surface area contributed by atoms with E-state index in [1.165, 1.54) is 12.1 Å². The molecular formula is C21H20FN3O2. The van der Waals surface area contributed by atoms with Gasteiger partial charge in [0.25, 0.3) is 0 Å². The third-order valence-corrected chi connectivity index (χ3v) is 4.11. The zero-order valence-corrected chi connectivity index (χ0v) is 14.6. The molecule has 6 heteroatoms. The quantitative estimate of drug-likeness (QED) is 0.625. The number of amides is 2. The molecule has 0 saturated heterocycles. The first-order chi connectivity index (χ1) is 13.1. The highest BCUT2D eigenvalue weighted by atomic mass is 19.1. The fourth-order valence-electron chi connectivity index (χ4n) is 2.71. The summed E-state index contributed by atoms with van der Waals surface area (Å²) in [5.41, 5.74) is 3.54. The number of benzene rings is 2. The van der Waals surface area contributed by atoms with Crippen LogP contribution in [0.1, 0.15) is 5.56 Å². The van der Waals surface area contributed by atoms with Gasteiger partial charge in [-0.05, 0) is 59.5 Å². The van der Waals surface area contributed by atoms with E-state index >= 15 is 0 Å². The standard InChI is InChI=1S/C21H20FN3O2/c22-18-5-1-15(2-6-18)13-20(14-26)25-21(27)24-19-7-3-16(4-8-19)17-9-11-23-12-10-17/h1-12,20,26H,13-14H2,(H2,24,25,27). The van der Waals surface area contributed by atoms with Crippen LogP contribution >= 0.6 is 0 Å². The number of nitrogens with one attached hydrogen (secondary N) is 2. The number of rotatable bonds is 6. The van der Waals surface area contributed by atoms with Crippen molar-refractivity contribution in [2.75, 3.05) is 11.9 Å². The Hall–Kier alpha value is -3.25. The highest BCUT2D eigenvalue weighted by molar-refractivity contribution is 5.89. The van der Waals surface area contributed by atoms with Crippen LogP contribution in [0.4, 0.5) is 14.9 Å². The van der Waals surface area contributed by atoms with Gasteiger partial charge in [-0.3, -0.25) is 4.98 Å². The van der Waals surface area contributed by atoms with Gasteiger partial charge in [-0.25, -0.2) is 9.18 Å². The summed E-state index contributed by atoms with van der Waals surface area (Å²) in [6.45, 7) is -0.216. The summed E-state index contributed by atoms with van der Waals surface area (Å²) in [6.07, 6.45) is 3.86. The van der Waals surface area contributed by atoms with Gasteiger partial charge in [0.15, 0.2) is 0 Å². The van der Waals surface area contributed by atoms with Crippen LogP contribution in [0.25, 0.3) is 11.1 Å². The molecule has 3 aromatic rings. The Labute approximate surface area is 156 Å². The molecule has 3 N–H and O–H groups in total. The normalized spacial score (nSPS) is 11.6. The molecule has 5 nitrogen and oxygen atoms in total. The Morgan fingerprint density at radius 3 is 2.22 bits per heavy atom. The Morgan fingerprint density at radius 1 is 0.963 bits per heavy atom. The number of aliphatic hydroxyl groups excluding tert-OH is 1. The van der Waals surface area contributed by atoms with Crippen molar-refractivity contribution in [3.8, 4) is 11.1 Å². The average molecular weight is 365 g/mol. The van der Waals surface area contributed by atoms with Gasteiger partial charge in [0.1, 0.15) is 5.82 Å². The molecule has 0 aliphatic carbocycles. The van der Waals surface area contributed by atoms with Gasteiger partial charge in [-0.2, -0.15) is 0 Å². The lowest BCUT2D eigenvalue weighted by Crippen LogP contribution is -2.41. The van der Waals surface area contributed by atoms with E-state index in [4.69, 9.17) is 0 Å². The molecule has 0 aliphatic rings. The summed E-state index contributed by atoms with van der Waals surface area (Å²) in [6, 6.07) is 16.4. The van der Waals surface area contributed by atoms with Crippen LogP contribution in [0.3, 0.4) is 0 Å². The number of nitrogens with zero attached hydrogens (tertiary/aromatic N) is 1. The minimum Gasteiger partial charge on any atom is -0.394 e. The van der Waals surface area contributed by atoms with Crippen LogP contribution < -0.4 is 10.6 Å². The molecule has 0 fully saturated rings. The number of hydrogen-bond donors (Lipinski definition) is 3. The molecule has 2 amide bonds. The topological polar surface area (TPSA) is 74.2 Å². The highest BCUT2D eigenvalue weighted by Gasteiger charge is 2.12. The fraction of sp³-hybridized carbons (Fsp3) is 0.143. The first kappa shape index (κ1) is 18.5. The van der Waals surface area contributed by atoms with E-state index in [2.05, 4.69) is 15.6 Å². The molecule has 0 spiro atoms. The molecule has 1 unspecified atom stereocenters. The number of carbonyl (C=O) groups excluding carboxylic acids is 1. The van der Waals surface area contributed by atoms with Crippen molar-refractivity contribution in [3.05, 3.63) is 84.4 Å². The van der Waals surface area contributed by atoms with Gasteiger partial charge >= 0.3 is 6.03 Å². The molecule has 0 bridgehead atoms. The van der Waals surface area contributed by atoms with Crippen molar-refractivity contribution in [1.29, 1.82) is 0 Å². The molecule has 0 saturated carbocycles. The molecule has 138 valence electrons. The third-order valence-electron chi connectivity index (χ3n) is 4.11. The van der Waals surface area contributed by atoms with Crippen LogP contribution in [0, 0.1) is 5.82 Å². The van der Waals surface area contributed by atoms with Gasteiger partial charge < -0.3 is 15.7 Å². The summed E-state index contributed by atoms with van der Waals surface area (Å²) in [7, 11) is 0. The maximum Gasteiger partial charge on any atom is 0.319 e. The molecule has 1 aromatic heterocycles. The lowest BCUT2D eigenvalue weighted by atomic mass is 10.1. The number of hydrogen-bond acceptors (Lipinski definition) is 3. The Balaban J connectivity index is 1.56. The summed E-state index contributed by atoms with van der Waals surface area (Å²) in [4.78, 5) is 16.2. The van der Waals surface area contributed by atoms with E-state index in [-0.39, 0.29) is 12.4 Å². The van der Waals surface area contributed by atoms with Crippen molar-refractivity contribution < 1.29 is 14.3 Å². The monoisotopic (exact) mass is 365 g/mol. The van der Waals surface area contributed by atoms with Crippen LogP contribution in [-0.4, -0.2) is 28.8 Å². The van der Waals surface area contributed by atoms with Crippen molar-refractivity contribution in [1.82, 2.24) is 10.3 Å². The van der Waals surface area contributed by atoms with Crippen LogP contribution in [0.2, 0.25) is 0 Å². The van der Waals surface area contributed by atoms with Gasteiger partial charge in [0.05, 0.1) is 12.6 Å². The van der Waals surface area contributed by atoms with Gasteiger partial charge in [0, 0.05) is 18.1 Å². The molecule has 0 radical (unpaired) electrons. The number of carbonyl (C=O) groups is 1. The molecule has 2 aromatic carbocycles. The molecule has 0 aliphatic heterocycles. The van der Waals surface area contributed by atoms with E-state index in [1.54, 1.807) is 24.5 Å². The highest BCUT2D eigenvalue weighted by Crippen LogP contribution is 2.20. The summed E-state index contributed by atoms with van der Waals surface area (Å²) < 4.78 is 13.0. The summed E-state index contributed by atoms with van der Waals surface area (Å²) >= 11 is 0. The first-order valence-corrected chi connectivity index (χ1v) is 8.57. The maximum atomic E-state index is 13.0. The first-order valence-electron chi connectivity index (χ1n) is 8.57. The lowest BCUT2D eigenvalue weighted by Gasteiger charge is -2.17. The zero-order chi connectivity index (χ0) is 19.1. The Kier molecular flexibility index (Phi) is 6.12.